The number of anilines is 1. The number of aryl methyl sites for hydroxylation is 2. The lowest BCUT2D eigenvalue weighted by Gasteiger charge is -2.41. The normalized spacial score (nSPS) is 14.0. The molecule has 5 aromatic rings. The average Bonchev–Trinajstić information content (AvgIpc) is 3.45. The van der Waals surface area contributed by atoms with E-state index in [1.807, 2.05) is 23.6 Å². The first-order chi connectivity index (χ1) is 19.3. The minimum atomic E-state index is -10.1. The molecule has 3 heterocycles. The molecule has 3 aromatic heterocycles. The van der Waals surface area contributed by atoms with Crippen LogP contribution < -0.4 is 5.32 Å². The molecule has 0 aliphatic rings. The number of aliphatic hydroxyl groups is 1. The molecule has 1 amide bonds. The van der Waals surface area contributed by atoms with Crippen molar-refractivity contribution in [3.05, 3.63) is 95.6 Å². The van der Waals surface area contributed by atoms with E-state index in [-0.39, 0.29) is 29.8 Å². The van der Waals surface area contributed by atoms with Gasteiger partial charge in [-0.25, -0.2) is 4.52 Å². The van der Waals surface area contributed by atoms with Crippen molar-refractivity contribution in [2.45, 2.75) is 44.6 Å². The van der Waals surface area contributed by atoms with Gasteiger partial charge in [0.2, 0.25) is 0 Å². The zero-order chi connectivity index (χ0) is 30.7. The number of rotatable bonds is 7. The maximum Gasteiger partial charge on any atom is 0.310 e. The van der Waals surface area contributed by atoms with E-state index < -0.39 is 32.2 Å². The van der Waals surface area contributed by atoms with Crippen LogP contribution in [0.25, 0.3) is 22.6 Å². The molecule has 2 N–H and O–H groups in total. The summed E-state index contributed by atoms with van der Waals surface area (Å²) in [6.07, 6.45) is 6.50. The molecule has 0 saturated heterocycles. The minimum Gasteiger partial charge on any atom is -0.390 e. The number of aromatic nitrogens is 4. The van der Waals surface area contributed by atoms with Crippen LogP contribution in [0.5, 0.6) is 0 Å². The molecule has 222 valence electrons. The van der Waals surface area contributed by atoms with Crippen molar-refractivity contribution in [3.8, 4) is 16.9 Å². The second-order valence-electron chi connectivity index (χ2n) is 11.0. The predicted molar refractivity (Wildman–Crippen MR) is 153 cm³/mol. The fourth-order valence-electron chi connectivity index (χ4n) is 4.79. The Hall–Kier alpha value is -4.23. The number of halogens is 5. The number of hydrogen-bond acceptors (Lipinski definition) is 4. The topological polar surface area (TPSA) is 84.5 Å². The van der Waals surface area contributed by atoms with Gasteiger partial charge in [-0.1, -0.05) is 25.5 Å². The molecule has 0 unspecified atom stereocenters. The number of hydrogen-bond donors (Lipinski definition) is 2. The Morgan fingerprint density at radius 2 is 1.74 bits per heavy atom. The molecule has 2 aromatic carbocycles. The van der Waals surface area contributed by atoms with Crippen molar-refractivity contribution < 1.29 is 29.3 Å². The van der Waals surface area contributed by atoms with Crippen molar-refractivity contribution >= 4 is 27.5 Å². The lowest BCUT2D eigenvalue weighted by Crippen LogP contribution is -2.23. The van der Waals surface area contributed by atoms with Crippen LogP contribution in [0.2, 0.25) is 0 Å². The summed E-state index contributed by atoms with van der Waals surface area (Å²) in [6.45, 7) is 6.23. The summed E-state index contributed by atoms with van der Waals surface area (Å²) >= 11 is 0. The van der Waals surface area contributed by atoms with E-state index in [2.05, 4.69) is 15.4 Å². The molecular formula is C29H28F5N5O2S. The summed E-state index contributed by atoms with van der Waals surface area (Å²) < 4.78 is 72.4. The molecule has 0 atom stereocenters. The van der Waals surface area contributed by atoms with Crippen molar-refractivity contribution in [2.75, 3.05) is 5.32 Å². The number of carbonyl (C=O) groups excluding carboxylic acids is 1. The Kier molecular flexibility index (Phi) is 6.37. The second-order valence-corrected chi connectivity index (χ2v) is 13.4. The average molecular weight is 606 g/mol. The molecule has 42 heavy (non-hydrogen) atoms. The Morgan fingerprint density at radius 1 is 1.00 bits per heavy atom. The van der Waals surface area contributed by atoms with Gasteiger partial charge in [0.15, 0.2) is 0 Å². The molecule has 13 heteroatoms. The van der Waals surface area contributed by atoms with Crippen LogP contribution in [0.4, 0.5) is 25.1 Å². The minimum absolute atomic E-state index is 0.150. The fraction of sp³-hybridized carbons (Fsp3) is 0.207. The van der Waals surface area contributed by atoms with Crippen LogP contribution in [0, 0.1) is 13.8 Å². The van der Waals surface area contributed by atoms with Crippen LogP contribution in [0.15, 0.2) is 78.2 Å². The third-order valence-electron chi connectivity index (χ3n) is 6.64. The fourth-order valence-corrected chi connectivity index (χ4v) is 5.51. The molecular weight excluding hydrogens is 577 g/mol. The predicted octanol–water partition coefficient (Wildman–Crippen LogP) is 8.03. The zero-order valence-corrected chi connectivity index (χ0v) is 23.9. The molecule has 0 aliphatic heterocycles. The third kappa shape index (κ3) is 6.16. The van der Waals surface area contributed by atoms with E-state index in [1.54, 1.807) is 54.4 Å². The van der Waals surface area contributed by atoms with E-state index in [0.717, 1.165) is 17.2 Å². The monoisotopic (exact) mass is 605 g/mol. The van der Waals surface area contributed by atoms with Gasteiger partial charge in [0.05, 0.1) is 17.0 Å². The first-order valence-electron chi connectivity index (χ1n) is 12.8. The molecule has 0 saturated carbocycles. The van der Waals surface area contributed by atoms with Gasteiger partial charge in [0.1, 0.15) is 10.5 Å². The zero-order valence-electron chi connectivity index (χ0n) is 23.1. The molecule has 0 radical (unpaired) electrons. The quantitative estimate of drug-likeness (QED) is 0.184. The van der Waals surface area contributed by atoms with Gasteiger partial charge in [0, 0.05) is 54.1 Å². The lowest BCUT2D eigenvalue weighted by molar-refractivity contribution is 0.0807. The smallest absolute Gasteiger partial charge is 0.310 e. The Labute approximate surface area is 238 Å². The van der Waals surface area contributed by atoms with Crippen LogP contribution >= 0.6 is 10.2 Å². The molecule has 7 nitrogen and oxygen atoms in total. The Morgan fingerprint density at radius 3 is 2.38 bits per heavy atom. The van der Waals surface area contributed by atoms with Gasteiger partial charge in [-0.2, -0.15) is 5.10 Å². The van der Waals surface area contributed by atoms with Gasteiger partial charge < -0.3 is 10.4 Å². The summed E-state index contributed by atoms with van der Waals surface area (Å²) in [7, 11) is -10.1. The van der Waals surface area contributed by atoms with Crippen molar-refractivity contribution in [1.29, 1.82) is 0 Å². The molecule has 0 bridgehead atoms. The van der Waals surface area contributed by atoms with Gasteiger partial charge in [-0.05, 0) is 80.8 Å². The number of fused-ring (bicyclic) bond motifs is 1. The van der Waals surface area contributed by atoms with Gasteiger partial charge >= 0.3 is 10.2 Å². The Balaban J connectivity index is 1.53. The number of amides is 1. The van der Waals surface area contributed by atoms with Crippen molar-refractivity contribution in [2.24, 2.45) is 0 Å². The lowest BCUT2D eigenvalue weighted by atomic mass is 9.97. The van der Waals surface area contributed by atoms with Crippen molar-refractivity contribution in [1.82, 2.24) is 19.2 Å². The molecule has 0 spiro atoms. The molecule has 0 aliphatic carbocycles. The van der Waals surface area contributed by atoms with E-state index in [0.29, 0.717) is 22.6 Å². The van der Waals surface area contributed by atoms with Gasteiger partial charge in [0.25, 0.3) is 5.91 Å². The number of nitrogens with one attached hydrogen (secondary N) is 1. The summed E-state index contributed by atoms with van der Waals surface area (Å²) in [5, 5.41) is 17.3. The second kappa shape index (κ2) is 9.13. The maximum atomic E-state index is 13.8. The van der Waals surface area contributed by atoms with Crippen LogP contribution in [-0.2, 0) is 6.42 Å². The van der Waals surface area contributed by atoms with Gasteiger partial charge in [-0.3, -0.25) is 14.3 Å². The van der Waals surface area contributed by atoms with Crippen molar-refractivity contribution in [3.63, 3.8) is 0 Å². The summed E-state index contributed by atoms with van der Waals surface area (Å²) in [6, 6.07) is 10.5. The number of imidazole rings is 1. The molecule has 0 fully saturated rings. The van der Waals surface area contributed by atoms with Gasteiger partial charge in [-0.15, -0.1) is 0 Å². The standard InChI is InChI=1S/C29H28F5N5O2S/c1-18-10-19(2)26(38-8-9-39-27(38)15-25(37-39)21-6-5-7-35-17-21)14-24(18)36-28(40)22-11-20(16-29(3,4)41)12-23(13-22)42(30,31,32,33)34/h5-15,17,41H,16H2,1-4H3,(H,36,40). The van der Waals surface area contributed by atoms with Crippen LogP contribution in [0.1, 0.15) is 40.9 Å². The van der Waals surface area contributed by atoms with Crippen LogP contribution in [0.3, 0.4) is 0 Å². The van der Waals surface area contributed by atoms with E-state index in [4.69, 9.17) is 0 Å². The molecule has 5 rings (SSSR count). The third-order valence-corrected chi connectivity index (χ3v) is 7.76. The summed E-state index contributed by atoms with van der Waals surface area (Å²) in [5.41, 5.74) is 2.24. The Bertz CT molecular complexity index is 1840. The first-order valence-corrected chi connectivity index (χ1v) is 14.7. The summed E-state index contributed by atoms with van der Waals surface area (Å²) in [5.74, 6) is -1.01. The largest absolute Gasteiger partial charge is 0.390 e. The first kappa shape index (κ1) is 29.3. The SMILES string of the molecule is Cc1cc(C)c(-n2ccn3nc(-c4cccnc4)cc23)cc1NC(=O)c1cc(CC(C)(C)O)cc(S(F)(F)(F)(F)F)c1. The van der Waals surface area contributed by atoms with E-state index >= 15 is 0 Å². The van der Waals surface area contributed by atoms with E-state index in [9.17, 15) is 29.3 Å². The highest BCUT2D eigenvalue weighted by atomic mass is 32.5. The number of pyridine rings is 1. The van der Waals surface area contributed by atoms with E-state index in [1.165, 1.54) is 13.8 Å². The maximum absolute atomic E-state index is 13.8. The van der Waals surface area contributed by atoms with Crippen LogP contribution in [-0.4, -0.2) is 35.8 Å². The summed E-state index contributed by atoms with van der Waals surface area (Å²) in [4.78, 5) is 15.2. The highest BCUT2D eigenvalue weighted by Crippen LogP contribution is 3.02. The highest BCUT2D eigenvalue weighted by molar-refractivity contribution is 8.45. The number of nitrogens with zero attached hydrogens (tertiary/aromatic N) is 4. The highest BCUT2D eigenvalue weighted by Gasteiger charge is 2.65. The number of carbonyl (C=O) groups is 1. The number of benzene rings is 2.